The van der Waals surface area contributed by atoms with Crippen LogP contribution in [0.3, 0.4) is 0 Å². The van der Waals surface area contributed by atoms with Crippen molar-refractivity contribution in [3.05, 3.63) is 52.5 Å². The van der Waals surface area contributed by atoms with Crippen LogP contribution >= 0.6 is 22.9 Å². The molecular weight excluding hydrogens is 430 g/mol. The molecule has 0 bridgehead atoms. The van der Waals surface area contributed by atoms with Gasteiger partial charge in [-0.15, -0.1) is 0 Å². The van der Waals surface area contributed by atoms with E-state index in [0.717, 1.165) is 21.3 Å². The van der Waals surface area contributed by atoms with Crippen molar-refractivity contribution >= 4 is 54.2 Å². The molecule has 3 aromatic rings. The van der Waals surface area contributed by atoms with Gasteiger partial charge in [-0.2, -0.15) is 4.31 Å². The van der Waals surface area contributed by atoms with Crippen LogP contribution in [0.15, 0.2) is 41.3 Å². The molecule has 0 saturated carbocycles. The fraction of sp³-hybridized carbons (Fsp3) is 0.300. The van der Waals surface area contributed by atoms with Gasteiger partial charge in [0.1, 0.15) is 6.04 Å². The third-order valence-electron chi connectivity index (χ3n) is 5.01. The molecule has 152 valence electrons. The van der Waals surface area contributed by atoms with Gasteiger partial charge in [-0.25, -0.2) is 13.4 Å². The molecule has 0 aliphatic carbocycles. The minimum atomic E-state index is -3.74. The number of hydrogen-bond acceptors (Lipinski definition) is 5. The first-order valence-electron chi connectivity index (χ1n) is 9.22. The molecule has 0 radical (unpaired) electrons. The van der Waals surface area contributed by atoms with Gasteiger partial charge in [0.2, 0.25) is 15.9 Å². The predicted molar refractivity (Wildman–Crippen MR) is 116 cm³/mol. The van der Waals surface area contributed by atoms with E-state index >= 15 is 0 Å². The second-order valence-electron chi connectivity index (χ2n) is 7.16. The van der Waals surface area contributed by atoms with Crippen LogP contribution in [0.1, 0.15) is 24.0 Å². The van der Waals surface area contributed by atoms with Gasteiger partial charge in [-0.3, -0.25) is 4.79 Å². The maximum absolute atomic E-state index is 13.1. The summed E-state index contributed by atoms with van der Waals surface area (Å²) in [7, 11) is -3.74. The quantitative estimate of drug-likeness (QED) is 0.641. The Morgan fingerprint density at radius 1 is 1.24 bits per heavy atom. The number of nitrogens with one attached hydrogen (secondary N) is 1. The topological polar surface area (TPSA) is 79.4 Å². The third-order valence-corrected chi connectivity index (χ3v) is 8.07. The summed E-state index contributed by atoms with van der Waals surface area (Å²) in [4.78, 5) is 17.6. The highest BCUT2D eigenvalue weighted by atomic mass is 35.5. The zero-order valence-electron chi connectivity index (χ0n) is 16.0. The SMILES string of the molecule is Cc1ccc(S(=O)(=O)N2CCCC2C(=O)Nc2nc3c(C)cc(Cl)cc3s2)cc1. The van der Waals surface area contributed by atoms with Crippen molar-refractivity contribution in [1.82, 2.24) is 9.29 Å². The molecule has 9 heteroatoms. The van der Waals surface area contributed by atoms with Gasteiger partial charge >= 0.3 is 0 Å². The maximum Gasteiger partial charge on any atom is 0.244 e. The van der Waals surface area contributed by atoms with Crippen molar-refractivity contribution in [2.45, 2.75) is 37.6 Å². The summed E-state index contributed by atoms with van der Waals surface area (Å²) in [6, 6.07) is 9.55. The molecular formula is C20H20ClN3O3S2. The van der Waals surface area contributed by atoms with Gasteiger partial charge in [-0.1, -0.05) is 40.6 Å². The van der Waals surface area contributed by atoms with E-state index in [9.17, 15) is 13.2 Å². The number of aromatic nitrogens is 1. The van der Waals surface area contributed by atoms with Crippen LogP contribution in [0.2, 0.25) is 5.02 Å². The zero-order chi connectivity index (χ0) is 20.8. The molecule has 29 heavy (non-hydrogen) atoms. The average molecular weight is 450 g/mol. The molecule has 1 aliphatic rings. The molecule has 1 N–H and O–H groups in total. The lowest BCUT2D eigenvalue weighted by Crippen LogP contribution is -2.43. The van der Waals surface area contributed by atoms with Crippen molar-refractivity contribution in [2.75, 3.05) is 11.9 Å². The van der Waals surface area contributed by atoms with Gasteiger partial charge in [0.25, 0.3) is 0 Å². The van der Waals surface area contributed by atoms with Gasteiger partial charge in [0.15, 0.2) is 5.13 Å². The van der Waals surface area contributed by atoms with E-state index in [0.29, 0.717) is 29.5 Å². The van der Waals surface area contributed by atoms with E-state index in [2.05, 4.69) is 10.3 Å². The maximum atomic E-state index is 13.1. The molecule has 1 aromatic heterocycles. The van der Waals surface area contributed by atoms with E-state index < -0.39 is 16.1 Å². The number of nitrogens with zero attached hydrogens (tertiary/aromatic N) is 2. The number of aryl methyl sites for hydroxylation is 2. The average Bonchev–Trinajstić information content (AvgIpc) is 3.29. The van der Waals surface area contributed by atoms with E-state index in [1.165, 1.54) is 15.6 Å². The molecule has 1 aliphatic heterocycles. The molecule has 1 atom stereocenters. The lowest BCUT2D eigenvalue weighted by atomic mass is 10.2. The number of benzene rings is 2. The number of carbonyl (C=O) groups is 1. The number of sulfonamides is 1. The Morgan fingerprint density at radius 2 is 1.97 bits per heavy atom. The van der Waals surface area contributed by atoms with Crippen LogP contribution in [0.25, 0.3) is 10.2 Å². The number of fused-ring (bicyclic) bond motifs is 1. The number of hydrogen-bond donors (Lipinski definition) is 1. The van der Waals surface area contributed by atoms with Gasteiger partial charge < -0.3 is 5.32 Å². The van der Waals surface area contributed by atoms with Gasteiger partial charge in [0, 0.05) is 11.6 Å². The number of halogens is 1. The third kappa shape index (κ3) is 3.90. The summed E-state index contributed by atoms with van der Waals surface area (Å²) in [5, 5.41) is 3.86. The first-order chi connectivity index (χ1) is 13.8. The smallest absolute Gasteiger partial charge is 0.244 e. The van der Waals surface area contributed by atoms with Crippen molar-refractivity contribution in [3.63, 3.8) is 0 Å². The minimum Gasteiger partial charge on any atom is -0.301 e. The highest BCUT2D eigenvalue weighted by Gasteiger charge is 2.39. The summed E-state index contributed by atoms with van der Waals surface area (Å²) < 4.78 is 28.3. The molecule has 6 nitrogen and oxygen atoms in total. The van der Waals surface area contributed by atoms with E-state index in [1.54, 1.807) is 30.3 Å². The Labute approximate surface area is 178 Å². The Bertz CT molecular complexity index is 1190. The van der Waals surface area contributed by atoms with E-state index in [-0.39, 0.29) is 10.8 Å². The van der Waals surface area contributed by atoms with Gasteiger partial charge in [-0.05, 0) is 56.5 Å². The van der Waals surface area contributed by atoms with Crippen molar-refractivity contribution in [3.8, 4) is 0 Å². The highest BCUT2D eigenvalue weighted by Crippen LogP contribution is 2.32. The summed E-state index contributed by atoms with van der Waals surface area (Å²) in [5.74, 6) is -0.360. The molecule has 1 amide bonds. The van der Waals surface area contributed by atoms with E-state index in [4.69, 9.17) is 11.6 Å². The van der Waals surface area contributed by atoms with Crippen LogP contribution < -0.4 is 5.32 Å². The predicted octanol–water partition coefficient (Wildman–Crippen LogP) is 4.36. The van der Waals surface area contributed by atoms with E-state index in [1.807, 2.05) is 19.9 Å². The molecule has 1 fully saturated rings. The standard InChI is InChI=1S/C20H20ClN3O3S2/c1-12-5-7-15(8-6-12)29(26,27)24-9-3-4-16(24)19(25)23-20-22-18-13(2)10-14(21)11-17(18)28-20/h5-8,10-11,16H,3-4,9H2,1-2H3,(H,22,23,25). The molecule has 1 saturated heterocycles. The van der Waals surface area contributed by atoms with Crippen molar-refractivity contribution < 1.29 is 13.2 Å². The summed E-state index contributed by atoms with van der Waals surface area (Å²) in [6.45, 7) is 4.13. The number of anilines is 1. The summed E-state index contributed by atoms with van der Waals surface area (Å²) >= 11 is 7.42. The Kier molecular flexibility index (Phi) is 5.37. The number of thiazole rings is 1. The monoisotopic (exact) mass is 449 g/mol. The highest BCUT2D eigenvalue weighted by molar-refractivity contribution is 7.89. The lowest BCUT2D eigenvalue weighted by Gasteiger charge is -2.23. The Hall–Kier alpha value is -2.00. The number of carbonyl (C=O) groups excluding carboxylic acids is 1. The second kappa shape index (κ2) is 7.68. The summed E-state index contributed by atoms with van der Waals surface area (Å²) in [5.41, 5.74) is 2.69. The summed E-state index contributed by atoms with van der Waals surface area (Å²) in [6.07, 6.45) is 1.12. The molecule has 2 heterocycles. The first kappa shape index (κ1) is 20.3. The zero-order valence-corrected chi connectivity index (χ0v) is 18.4. The fourth-order valence-electron chi connectivity index (χ4n) is 3.53. The van der Waals surface area contributed by atoms with Crippen LogP contribution in [0.4, 0.5) is 5.13 Å². The van der Waals surface area contributed by atoms with Crippen molar-refractivity contribution in [1.29, 1.82) is 0 Å². The van der Waals surface area contributed by atoms with Crippen LogP contribution in [-0.2, 0) is 14.8 Å². The molecule has 4 rings (SSSR count). The largest absolute Gasteiger partial charge is 0.301 e. The number of amides is 1. The normalized spacial score (nSPS) is 17.7. The van der Waals surface area contributed by atoms with Crippen LogP contribution in [-0.4, -0.2) is 36.2 Å². The molecule has 2 aromatic carbocycles. The van der Waals surface area contributed by atoms with Crippen LogP contribution in [0.5, 0.6) is 0 Å². The first-order valence-corrected chi connectivity index (χ1v) is 11.9. The van der Waals surface area contributed by atoms with Crippen molar-refractivity contribution in [2.24, 2.45) is 0 Å². The Morgan fingerprint density at radius 3 is 2.69 bits per heavy atom. The van der Waals surface area contributed by atoms with Gasteiger partial charge in [0.05, 0.1) is 15.1 Å². The lowest BCUT2D eigenvalue weighted by molar-refractivity contribution is -0.119. The fourth-order valence-corrected chi connectivity index (χ4v) is 6.51. The Balaban J connectivity index is 1.58. The number of rotatable bonds is 4. The molecule has 1 unspecified atom stereocenters. The molecule has 0 spiro atoms. The second-order valence-corrected chi connectivity index (χ2v) is 10.5. The van der Waals surface area contributed by atoms with Crippen LogP contribution in [0, 0.1) is 13.8 Å². The minimum absolute atomic E-state index is 0.202.